The summed E-state index contributed by atoms with van der Waals surface area (Å²) in [5.41, 5.74) is 5.28. The van der Waals surface area contributed by atoms with E-state index in [1.165, 1.54) is 12.8 Å². The second kappa shape index (κ2) is 8.97. The number of hydrogen-bond acceptors (Lipinski definition) is 3. The number of rotatable bonds is 9. The minimum absolute atomic E-state index is 0.353. The monoisotopic (exact) mass is 203 g/mol. The first-order valence-corrected chi connectivity index (χ1v) is 5.26. The zero-order valence-corrected chi connectivity index (χ0v) is 8.87. The van der Waals surface area contributed by atoms with Crippen molar-refractivity contribution in [2.75, 3.05) is 13.2 Å². The van der Waals surface area contributed by atoms with E-state index < -0.39 is 12.1 Å². The Hall–Kier alpha value is -0.610. The summed E-state index contributed by atoms with van der Waals surface area (Å²) < 4.78 is 5.21. The van der Waals surface area contributed by atoms with Crippen molar-refractivity contribution in [2.45, 2.75) is 45.1 Å². The maximum atomic E-state index is 10.6. The number of carboxylic acids is 1. The third-order valence-corrected chi connectivity index (χ3v) is 2.02. The van der Waals surface area contributed by atoms with Crippen LogP contribution in [-0.4, -0.2) is 30.3 Å². The van der Waals surface area contributed by atoms with Gasteiger partial charge in [0.25, 0.3) is 0 Å². The Morgan fingerprint density at radius 3 is 2.64 bits per heavy atom. The molecule has 4 heteroatoms. The molecule has 14 heavy (non-hydrogen) atoms. The fourth-order valence-electron chi connectivity index (χ4n) is 1.18. The molecular weight excluding hydrogens is 182 g/mol. The summed E-state index contributed by atoms with van der Waals surface area (Å²) in [5.74, 6) is -0.911. The third kappa shape index (κ3) is 6.86. The molecule has 0 rings (SSSR count). The Morgan fingerprint density at radius 1 is 1.43 bits per heavy atom. The lowest BCUT2D eigenvalue weighted by molar-refractivity contribution is -0.150. The average molecular weight is 203 g/mol. The van der Waals surface area contributed by atoms with E-state index >= 15 is 0 Å². The van der Waals surface area contributed by atoms with Crippen molar-refractivity contribution in [3.63, 3.8) is 0 Å². The molecule has 0 radical (unpaired) electrons. The molecule has 0 aromatic heterocycles. The van der Waals surface area contributed by atoms with Gasteiger partial charge in [0, 0.05) is 6.61 Å². The molecule has 4 nitrogen and oxygen atoms in total. The van der Waals surface area contributed by atoms with E-state index in [2.05, 4.69) is 6.92 Å². The number of nitrogens with two attached hydrogens (primary N) is 1. The lowest BCUT2D eigenvalue weighted by Gasteiger charge is -2.12. The molecule has 0 heterocycles. The van der Waals surface area contributed by atoms with Crippen molar-refractivity contribution in [1.29, 1.82) is 0 Å². The molecule has 0 aliphatic heterocycles. The van der Waals surface area contributed by atoms with Gasteiger partial charge in [-0.1, -0.05) is 26.2 Å². The highest BCUT2D eigenvalue weighted by Gasteiger charge is 2.15. The average Bonchev–Trinajstić information content (AvgIpc) is 2.15. The summed E-state index contributed by atoms with van der Waals surface area (Å²) in [5, 5.41) is 8.73. The molecule has 0 saturated heterocycles. The Balaban J connectivity index is 3.46. The first-order chi connectivity index (χ1) is 6.72. The maximum Gasteiger partial charge on any atom is 0.332 e. The van der Waals surface area contributed by atoms with Gasteiger partial charge in [0.05, 0.1) is 0 Å². The molecule has 1 atom stereocenters. The summed E-state index contributed by atoms with van der Waals surface area (Å²) >= 11 is 0. The third-order valence-electron chi connectivity index (χ3n) is 2.02. The van der Waals surface area contributed by atoms with Gasteiger partial charge in [0.15, 0.2) is 6.10 Å². The number of hydrogen-bond donors (Lipinski definition) is 2. The van der Waals surface area contributed by atoms with Gasteiger partial charge in [-0.05, 0) is 19.4 Å². The molecule has 0 bridgehead atoms. The van der Waals surface area contributed by atoms with Crippen molar-refractivity contribution in [3.8, 4) is 0 Å². The molecule has 0 aromatic carbocycles. The zero-order valence-electron chi connectivity index (χ0n) is 8.87. The van der Waals surface area contributed by atoms with E-state index in [4.69, 9.17) is 15.6 Å². The van der Waals surface area contributed by atoms with Crippen LogP contribution in [0, 0.1) is 0 Å². The smallest absolute Gasteiger partial charge is 0.332 e. The predicted octanol–water partition coefficient (Wildman–Crippen LogP) is 1.39. The van der Waals surface area contributed by atoms with Gasteiger partial charge in [-0.15, -0.1) is 0 Å². The van der Waals surface area contributed by atoms with Gasteiger partial charge in [-0.2, -0.15) is 0 Å². The van der Waals surface area contributed by atoms with Gasteiger partial charge < -0.3 is 15.6 Å². The van der Waals surface area contributed by atoms with E-state index in [-0.39, 0.29) is 0 Å². The van der Waals surface area contributed by atoms with Crippen molar-refractivity contribution >= 4 is 5.97 Å². The molecule has 0 aliphatic carbocycles. The van der Waals surface area contributed by atoms with Crippen molar-refractivity contribution in [3.05, 3.63) is 0 Å². The standard InChI is InChI=1S/C10H21NO3/c1-2-3-4-5-8-14-9(6-7-11)10(12)13/h9H,2-8,11H2,1H3,(H,12,13). The van der Waals surface area contributed by atoms with Crippen LogP contribution in [0.2, 0.25) is 0 Å². The van der Waals surface area contributed by atoms with Crippen LogP contribution in [0.3, 0.4) is 0 Å². The van der Waals surface area contributed by atoms with Crippen molar-refractivity contribution in [1.82, 2.24) is 0 Å². The van der Waals surface area contributed by atoms with Gasteiger partial charge in [0.2, 0.25) is 0 Å². The minimum Gasteiger partial charge on any atom is -0.479 e. The van der Waals surface area contributed by atoms with Crippen LogP contribution in [0.4, 0.5) is 0 Å². The number of unbranched alkanes of at least 4 members (excludes halogenated alkanes) is 3. The molecule has 0 amide bonds. The lowest BCUT2D eigenvalue weighted by atomic mass is 10.2. The van der Waals surface area contributed by atoms with E-state index in [9.17, 15) is 4.79 Å². The zero-order chi connectivity index (χ0) is 10.8. The van der Waals surface area contributed by atoms with Crippen LogP contribution in [0.5, 0.6) is 0 Å². The van der Waals surface area contributed by atoms with Crippen LogP contribution in [0.15, 0.2) is 0 Å². The minimum atomic E-state index is -0.911. The number of ether oxygens (including phenoxy) is 1. The van der Waals surface area contributed by atoms with E-state index in [1.54, 1.807) is 0 Å². The van der Waals surface area contributed by atoms with Crippen LogP contribution >= 0.6 is 0 Å². The molecular formula is C10H21NO3. The van der Waals surface area contributed by atoms with Crippen LogP contribution in [0.1, 0.15) is 39.0 Å². The Morgan fingerprint density at radius 2 is 2.14 bits per heavy atom. The summed E-state index contributed by atoms with van der Waals surface area (Å²) in [7, 11) is 0. The fourth-order valence-corrected chi connectivity index (χ4v) is 1.18. The maximum absolute atomic E-state index is 10.6. The molecule has 0 aromatic rings. The SMILES string of the molecule is CCCCCCOC(CCN)C(=O)O. The van der Waals surface area contributed by atoms with E-state index in [0.717, 1.165) is 12.8 Å². The first-order valence-electron chi connectivity index (χ1n) is 5.26. The topological polar surface area (TPSA) is 72.5 Å². The fraction of sp³-hybridized carbons (Fsp3) is 0.900. The van der Waals surface area contributed by atoms with Crippen LogP contribution < -0.4 is 5.73 Å². The van der Waals surface area contributed by atoms with Gasteiger partial charge in [-0.25, -0.2) is 4.79 Å². The van der Waals surface area contributed by atoms with E-state index in [1.807, 2.05) is 0 Å². The van der Waals surface area contributed by atoms with Gasteiger partial charge >= 0.3 is 5.97 Å². The molecule has 0 fully saturated rings. The second-order valence-electron chi connectivity index (χ2n) is 3.34. The van der Waals surface area contributed by atoms with Crippen molar-refractivity contribution in [2.24, 2.45) is 5.73 Å². The predicted molar refractivity (Wildman–Crippen MR) is 55.2 cm³/mol. The second-order valence-corrected chi connectivity index (χ2v) is 3.34. The Kier molecular flexibility index (Phi) is 8.57. The van der Waals surface area contributed by atoms with Crippen molar-refractivity contribution < 1.29 is 14.6 Å². The highest BCUT2D eigenvalue weighted by molar-refractivity contribution is 5.72. The summed E-state index contributed by atoms with van der Waals surface area (Å²) in [6.45, 7) is 3.01. The van der Waals surface area contributed by atoms with Gasteiger partial charge in [0.1, 0.15) is 0 Å². The van der Waals surface area contributed by atoms with E-state index in [0.29, 0.717) is 19.6 Å². The first kappa shape index (κ1) is 13.4. The molecule has 1 unspecified atom stereocenters. The Labute approximate surface area is 85.4 Å². The largest absolute Gasteiger partial charge is 0.479 e. The Bertz CT molecular complexity index is 150. The normalized spacial score (nSPS) is 12.7. The molecule has 3 N–H and O–H groups in total. The summed E-state index contributed by atoms with van der Waals surface area (Å²) in [6, 6.07) is 0. The lowest BCUT2D eigenvalue weighted by Crippen LogP contribution is -2.27. The van der Waals surface area contributed by atoms with Crippen LogP contribution in [-0.2, 0) is 9.53 Å². The molecule has 0 spiro atoms. The van der Waals surface area contributed by atoms with Gasteiger partial charge in [-0.3, -0.25) is 0 Å². The molecule has 0 saturated carbocycles. The van der Waals surface area contributed by atoms with Crippen LogP contribution in [0.25, 0.3) is 0 Å². The number of carbonyl (C=O) groups is 1. The molecule has 84 valence electrons. The summed E-state index contributed by atoms with van der Waals surface area (Å²) in [4.78, 5) is 10.6. The number of carboxylic acid groups (broad SMARTS) is 1. The quantitative estimate of drug-likeness (QED) is 0.555. The summed E-state index contributed by atoms with van der Waals surface area (Å²) in [6.07, 6.45) is 4.06. The highest BCUT2D eigenvalue weighted by atomic mass is 16.5. The molecule has 0 aliphatic rings. The highest BCUT2D eigenvalue weighted by Crippen LogP contribution is 2.03. The number of aliphatic carboxylic acids is 1.